The smallest absolute Gasteiger partial charge is 0.161 e. The molecule has 1 aromatic carbocycles. The van der Waals surface area contributed by atoms with Crippen LogP contribution in [0.5, 0.6) is 0 Å². The van der Waals surface area contributed by atoms with Gasteiger partial charge in [0.15, 0.2) is 5.78 Å². The fourth-order valence-electron chi connectivity index (χ4n) is 1.92. The molecule has 0 spiro atoms. The van der Waals surface area contributed by atoms with Crippen LogP contribution < -0.4 is 4.90 Å². The fraction of sp³-hybridized carbons (Fsp3) is 0.308. The third-order valence-corrected chi connectivity index (χ3v) is 3.23. The van der Waals surface area contributed by atoms with E-state index in [0.717, 1.165) is 35.2 Å². The molecule has 0 bridgehead atoms. The number of ketones is 1. The topological polar surface area (TPSA) is 20.3 Å². The van der Waals surface area contributed by atoms with Crippen LogP contribution in [0.25, 0.3) is 0 Å². The molecule has 0 saturated heterocycles. The van der Waals surface area contributed by atoms with Gasteiger partial charge in [0.05, 0.1) is 0 Å². The van der Waals surface area contributed by atoms with Crippen LogP contribution in [-0.2, 0) is 0 Å². The highest BCUT2D eigenvalue weighted by Gasteiger charge is 2.14. The van der Waals surface area contributed by atoms with E-state index in [1.54, 1.807) is 6.92 Å². The lowest BCUT2D eigenvalue weighted by molar-refractivity contribution is 0.101. The largest absolute Gasteiger partial charge is 0.367 e. The van der Waals surface area contributed by atoms with Gasteiger partial charge in [0.25, 0.3) is 0 Å². The number of hydrogen-bond acceptors (Lipinski definition) is 2. The van der Waals surface area contributed by atoms with E-state index in [-0.39, 0.29) is 5.78 Å². The molecular formula is C13H14BrNO. The molecule has 1 heterocycles. The molecule has 0 atom stereocenters. The third-order valence-electron chi connectivity index (χ3n) is 2.74. The summed E-state index contributed by atoms with van der Waals surface area (Å²) in [6, 6.07) is 5.83. The van der Waals surface area contributed by atoms with Crippen LogP contribution >= 0.6 is 15.9 Å². The average Bonchev–Trinajstić information content (AvgIpc) is 2.29. The van der Waals surface area contributed by atoms with Gasteiger partial charge in [-0.25, -0.2) is 0 Å². The molecule has 0 N–H and O–H groups in total. The van der Waals surface area contributed by atoms with Gasteiger partial charge in [-0.15, -0.1) is 0 Å². The Kier molecular flexibility index (Phi) is 3.44. The quantitative estimate of drug-likeness (QED) is 0.611. The molecule has 1 aromatic rings. The Bertz CT molecular complexity index is 440. The summed E-state index contributed by atoms with van der Waals surface area (Å²) in [7, 11) is 0. The molecule has 84 valence electrons. The molecule has 0 amide bonds. The van der Waals surface area contributed by atoms with E-state index in [1.165, 1.54) is 0 Å². The van der Waals surface area contributed by atoms with Gasteiger partial charge >= 0.3 is 0 Å². The molecule has 1 aliphatic heterocycles. The number of carbonyl (C=O) groups is 1. The van der Waals surface area contributed by atoms with Crippen molar-refractivity contribution in [3.63, 3.8) is 0 Å². The summed E-state index contributed by atoms with van der Waals surface area (Å²) in [5, 5.41) is 0. The third kappa shape index (κ3) is 2.35. The highest BCUT2D eigenvalue weighted by atomic mass is 79.9. The molecule has 0 unspecified atom stereocenters. The molecule has 1 aliphatic rings. The van der Waals surface area contributed by atoms with Gasteiger partial charge in [-0.2, -0.15) is 0 Å². The van der Waals surface area contributed by atoms with Crippen LogP contribution in [0.3, 0.4) is 0 Å². The van der Waals surface area contributed by atoms with E-state index in [2.05, 4.69) is 33.0 Å². The SMILES string of the molecule is CC(=O)c1ccc(Br)cc1N1CC=CCC1. The number of nitrogens with zero attached hydrogens (tertiary/aromatic N) is 1. The molecular weight excluding hydrogens is 266 g/mol. The number of halogens is 1. The zero-order valence-electron chi connectivity index (χ0n) is 9.24. The van der Waals surface area contributed by atoms with Crippen molar-refractivity contribution in [2.75, 3.05) is 18.0 Å². The lowest BCUT2D eigenvalue weighted by Crippen LogP contribution is -2.28. The van der Waals surface area contributed by atoms with E-state index in [4.69, 9.17) is 0 Å². The maximum atomic E-state index is 11.6. The lowest BCUT2D eigenvalue weighted by Gasteiger charge is -2.27. The molecule has 3 heteroatoms. The summed E-state index contributed by atoms with van der Waals surface area (Å²) in [5.74, 6) is 0.122. The first-order valence-corrected chi connectivity index (χ1v) is 6.18. The second-order valence-electron chi connectivity index (χ2n) is 3.92. The van der Waals surface area contributed by atoms with Crippen LogP contribution in [0, 0.1) is 0 Å². The Morgan fingerprint density at radius 3 is 2.81 bits per heavy atom. The Labute approximate surface area is 104 Å². The molecule has 0 saturated carbocycles. The molecule has 0 radical (unpaired) electrons. The minimum atomic E-state index is 0.122. The number of hydrogen-bond donors (Lipinski definition) is 0. The van der Waals surface area contributed by atoms with Crippen molar-refractivity contribution in [1.82, 2.24) is 0 Å². The number of Topliss-reactive ketones (excluding diaryl/α,β-unsaturated/α-hetero) is 1. The van der Waals surface area contributed by atoms with Crippen LogP contribution in [0.4, 0.5) is 5.69 Å². The summed E-state index contributed by atoms with van der Waals surface area (Å²) in [4.78, 5) is 13.8. The van der Waals surface area contributed by atoms with Crippen molar-refractivity contribution in [2.24, 2.45) is 0 Å². The zero-order chi connectivity index (χ0) is 11.5. The second-order valence-corrected chi connectivity index (χ2v) is 4.84. The number of anilines is 1. The van der Waals surface area contributed by atoms with Crippen molar-refractivity contribution >= 4 is 27.4 Å². The summed E-state index contributed by atoms with van der Waals surface area (Å²) >= 11 is 3.46. The normalized spacial score (nSPS) is 15.2. The van der Waals surface area contributed by atoms with Crippen molar-refractivity contribution in [3.05, 3.63) is 40.4 Å². The van der Waals surface area contributed by atoms with Crippen LogP contribution in [0.2, 0.25) is 0 Å². The first kappa shape index (κ1) is 11.4. The van der Waals surface area contributed by atoms with Gasteiger partial charge in [-0.3, -0.25) is 4.79 Å². The maximum absolute atomic E-state index is 11.6. The highest BCUT2D eigenvalue weighted by Crippen LogP contribution is 2.26. The van der Waals surface area contributed by atoms with Crippen molar-refractivity contribution in [1.29, 1.82) is 0 Å². The zero-order valence-corrected chi connectivity index (χ0v) is 10.8. The predicted molar refractivity (Wildman–Crippen MR) is 70.1 cm³/mol. The van der Waals surface area contributed by atoms with Gasteiger partial charge in [0.2, 0.25) is 0 Å². The summed E-state index contributed by atoms with van der Waals surface area (Å²) in [5.41, 5.74) is 1.84. The number of rotatable bonds is 2. The first-order chi connectivity index (χ1) is 7.68. The molecule has 2 rings (SSSR count). The highest BCUT2D eigenvalue weighted by molar-refractivity contribution is 9.10. The molecule has 0 fully saturated rings. The number of benzene rings is 1. The van der Waals surface area contributed by atoms with E-state index >= 15 is 0 Å². The molecule has 16 heavy (non-hydrogen) atoms. The van der Waals surface area contributed by atoms with Crippen molar-refractivity contribution < 1.29 is 4.79 Å². The fourth-order valence-corrected chi connectivity index (χ4v) is 2.27. The summed E-state index contributed by atoms with van der Waals surface area (Å²) < 4.78 is 1.02. The van der Waals surface area contributed by atoms with Crippen LogP contribution in [-0.4, -0.2) is 18.9 Å². The summed E-state index contributed by atoms with van der Waals surface area (Å²) in [6.07, 6.45) is 5.38. The van der Waals surface area contributed by atoms with Crippen molar-refractivity contribution in [2.45, 2.75) is 13.3 Å². The van der Waals surface area contributed by atoms with E-state index < -0.39 is 0 Å². The Morgan fingerprint density at radius 2 is 2.19 bits per heavy atom. The van der Waals surface area contributed by atoms with Gasteiger partial charge < -0.3 is 4.90 Å². The van der Waals surface area contributed by atoms with E-state index in [1.807, 2.05) is 18.2 Å². The summed E-state index contributed by atoms with van der Waals surface area (Å²) in [6.45, 7) is 3.48. The molecule has 0 aliphatic carbocycles. The molecule has 2 nitrogen and oxygen atoms in total. The minimum absolute atomic E-state index is 0.122. The Hall–Kier alpha value is -1.09. The van der Waals surface area contributed by atoms with E-state index in [0.29, 0.717) is 0 Å². The number of carbonyl (C=O) groups excluding carboxylic acids is 1. The second kappa shape index (κ2) is 4.83. The van der Waals surface area contributed by atoms with Crippen LogP contribution in [0.1, 0.15) is 23.7 Å². The van der Waals surface area contributed by atoms with Gasteiger partial charge in [-0.1, -0.05) is 28.1 Å². The van der Waals surface area contributed by atoms with E-state index in [9.17, 15) is 4.79 Å². The van der Waals surface area contributed by atoms with Crippen molar-refractivity contribution in [3.8, 4) is 0 Å². The maximum Gasteiger partial charge on any atom is 0.161 e. The first-order valence-electron chi connectivity index (χ1n) is 5.39. The minimum Gasteiger partial charge on any atom is -0.367 e. The van der Waals surface area contributed by atoms with Gasteiger partial charge in [0.1, 0.15) is 0 Å². The van der Waals surface area contributed by atoms with Gasteiger partial charge in [0, 0.05) is 28.8 Å². The monoisotopic (exact) mass is 279 g/mol. The molecule has 0 aromatic heterocycles. The Balaban J connectivity index is 2.40. The lowest BCUT2D eigenvalue weighted by atomic mass is 10.1. The standard InChI is InChI=1S/C13H14BrNO/c1-10(16)12-6-5-11(14)9-13(12)15-7-3-2-4-8-15/h2-3,5-6,9H,4,7-8H2,1H3. The Morgan fingerprint density at radius 1 is 1.38 bits per heavy atom. The van der Waals surface area contributed by atoms with Crippen LogP contribution in [0.15, 0.2) is 34.8 Å². The predicted octanol–water partition coefficient (Wildman–Crippen LogP) is 3.42. The van der Waals surface area contributed by atoms with Gasteiger partial charge in [-0.05, 0) is 31.5 Å². The average molecular weight is 280 g/mol.